The second-order valence-corrected chi connectivity index (χ2v) is 11.4. The van der Waals surface area contributed by atoms with Crippen LogP contribution in [0.3, 0.4) is 0 Å². The molecule has 218 valence electrons. The average Bonchev–Trinajstić information content (AvgIpc) is 3.05. The maximum absolute atomic E-state index is 2.44. The van der Waals surface area contributed by atoms with E-state index in [1.807, 2.05) is 0 Å². The minimum absolute atomic E-state index is 0. The lowest BCUT2D eigenvalue weighted by molar-refractivity contribution is -0.00000695. The van der Waals surface area contributed by atoms with E-state index in [0.717, 1.165) is 0 Å². The highest BCUT2D eigenvalue weighted by Gasteiger charge is 2.58. The van der Waals surface area contributed by atoms with Gasteiger partial charge in [0, 0.05) is 140 Å². The van der Waals surface area contributed by atoms with Crippen LogP contribution in [-0.2, 0) is 0 Å². The summed E-state index contributed by atoms with van der Waals surface area (Å²) in [7, 11) is 6.42. The Morgan fingerprint density at radius 3 is 0.650 bits per heavy atom. The molecule has 4 aromatic carbocycles. The number of benzene rings is 4. The van der Waals surface area contributed by atoms with Gasteiger partial charge in [-0.2, -0.15) is 18.7 Å². The van der Waals surface area contributed by atoms with E-state index in [1.165, 1.54) is 22.7 Å². The lowest BCUT2D eigenvalue weighted by Gasteiger charge is -2.49. The maximum atomic E-state index is 2.44. The van der Waals surface area contributed by atoms with Crippen LogP contribution >= 0.6 is 120 Å². The molecule has 4 rings (SSSR count). The van der Waals surface area contributed by atoms with Crippen molar-refractivity contribution in [1.82, 2.24) is 0 Å². The second kappa shape index (κ2) is 23.9. The number of hydrogen-bond donors (Lipinski definition) is 0. The van der Waals surface area contributed by atoms with Crippen molar-refractivity contribution < 1.29 is 24.0 Å². The van der Waals surface area contributed by atoms with E-state index in [9.17, 15) is 0 Å². The fourth-order valence-electron chi connectivity index (χ4n) is 4.40. The van der Waals surface area contributed by atoms with Crippen LogP contribution in [-0.4, -0.2) is 28.2 Å². The molecule has 0 heterocycles. The van der Waals surface area contributed by atoms with Gasteiger partial charge in [0.1, 0.15) is 0 Å². The van der Waals surface area contributed by atoms with Gasteiger partial charge in [0.25, 0.3) is 0 Å². The standard InChI is InChI=1S/C28H32N4P.3I2.HI/c1-29(25-17-9-5-10-18-25)33(30(2)26-19-11-6-12-20-26,31(3)27-21-13-7-14-22-27)32(4)28-23-15-8-16-24-28;3*1-2;/h5-24H,1-4H3;;;;1H/q+1;;;;/p-1. The van der Waals surface area contributed by atoms with Gasteiger partial charge in [-0.25, -0.2) is 0 Å². The SMILES string of the molecule is CN(c1ccccc1)[P+](N(C)c1ccccc1)(N(C)c1ccccc1)N(C)c1ccccc1.II.II.II.[I-]. The fraction of sp³-hybridized carbons (Fsp3) is 0.143. The van der Waals surface area contributed by atoms with Crippen LogP contribution in [0.4, 0.5) is 22.7 Å². The normalized spacial score (nSPS) is 9.55. The lowest BCUT2D eigenvalue weighted by Crippen LogP contribution is -3.00. The first kappa shape index (κ1) is 41.6. The van der Waals surface area contributed by atoms with E-state index in [1.54, 1.807) is 0 Å². The van der Waals surface area contributed by atoms with E-state index in [-0.39, 0.29) is 24.0 Å². The zero-order valence-electron chi connectivity index (χ0n) is 22.4. The fourth-order valence-corrected chi connectivity index (χ4v) is 8.59. The van der Waals surface area contributed by atoms with Gasteiger partial charge in [0.2, 0.25) is 0 Å². The van der Waals surface area contributed by atoms with Crippen molar-refractivity contribution in [2.45, 2.75) is 0 Å². The monoisotopic (exact) mass is 1340 g/mol. The Balaban J connectivity index is 0.00000204. The summed E-state index contributed by atoms with van der Waals surface area (Å²) in [6, 6.07) is 42.6. The number of anilines is 4. The minimum atomic E-state index is -2.41. The molecular formula is C28H32I7N4P. The van der Waals surface area contributed by atoms with E-state index < -0.39 is 7.87 Å². The highest BCUT2D eigenvalue weighted by Crippen LogP contribution is 2.71. The first-order chi connectivity index (χ1) is 19.1. The third-order valence-electron chi connectivity index (χ3n) is 6.13. The molecular weight excluding hydrogens is 1310 g/mol. The number of nitrogens with zero attached hydrogens (tertiary/aromatic N) is 4. The zero-order chi connectivity index (χ0) is 29.3. The van der Waals surface area contributed by atoms with Crippen LogP contribution in [0.1, 0.15) is 0 Å². The summed E-state index contributed by atoms with van der Waals surface area (Å²) in [4.78, 5) is 0. The molecule has 0 unspecified atom stereocenters. The summed E-state index contributed by atoms with van der Waals surface area (Å²) >= 11 is 12.7. The third-order valence-corrected chi connectivity index (χ3v) is 10.3. The van der Waals surface area contributed by atoms with Gasteiger partial charge < -0.3 is 24.0 Å². The molecule has 0 fully saturated rings. The van der Waals surface area contributed by atoms with Crippen molar-refractivity contribution in [3.63, 3.8) is 0 Å². The van der Waals surface area contributed by atoms with Crippen LogP contribution in [0, 0.1) is 0 Å². The summed E-state index contributed by atoms with van der Waals surface area (Å²) in [5.74, 6) is 0. The highest BCUT2D eigenvalue weighted by atomic mass is 128. The number of para-hydroxylation sites is 4. The molecule has 4 nitrogen and oxygen atoms in total. The topological polar surface area (TPSA) is 13.0 Å². The van der Waals surface area contributed by atoms with Crippen LogP contribution in [0.15, 0.2) is 121 Å². The predicted octanol–water partition coefficient (Wildman–Crippen LogP) is 9.53. The molecule has 0 aliphatic heterocycles. The van der Waals surface area contributed by atoms with Crippen LogP contribution in [0.2, 0.25) is 0 Å². The van der Waals surface area contributed by atoms with Gasteiger partial charge in [-0.15, -0.1) is 0 Å². The van der Waals surface area contributed by atoms with E-state index in [4.69, 9.17) is 0 Å². The van der Waals surface area contributed by atoms with E-state index >= 15 is 0 Å². The summed E-state index contributed by atoms with van der Waals surface area (Å²) in [5.41, 5.74) is 4.66. The molecule has 0 atom stereocenters. The van der Waals surface area contributed by atoms with Gasteiger partial charge >= 0.3 is 7.87 Å². The molecule has 0 radical (unpaired) electrons. The molecule has 0 saturated carbocycles. The summed E-state index contributed by atoms with van der Waals surface area (Å²) < 4.78 is 9.78. The van der Waals surface area contributed by atoms with Crippen LogP contribution < -0.4 is 42.7 Å². The number of rotatable bonds is 8. The number of hydrogen-bond acceptors (Lipinski definition) is 4. The summed E-state index contributed by atoms with van der Waals surface area (Å²) in [6.45, 7) is 0. The molecule has 0 aliphatic carbocycles. The van der Waals surface area contributed by atoms with Gasteiger partial charge in [-0.05, 0) is 48.5 Å². The Labute approximate surface area is 328 Å². The Morgan fingerprint density at radius 1 is 0.350 bits per heavy atom. The Morgan fingerprint density at radius 2 is 0.500 bits per heavy atom. The summed E-state index contributed by atoms with van der Waals surface area (Å²) in [5, 5.41) is 0. The molecule has 0 aromatic heterocycles. The Hall–Kier alpha value is 1.62. The molecule has 0 amide bonds. The Kier molecular flexibility index (Phi) is 24.9. The molecule has 0 N–H and O–H groups in total. The van der Waals surface area contributed by atoms with Crippen LogP contribution in [0.5, 0.6) is 0 Å². The van der Waals surface area contributed by atoms with Crippen molar-refractivity contribution in [2.75, 3.05) is 46.9 Å². The van der Waals surface area contributed by atoms with Crippen LogP contribution in [0.25, 0.3) is 0 Å². The quantitative estimate of drug-likeness (QED) is 0.129. The first-order valence-corrected chi connectivity index (χ1v) is 32.0. The predicted molar refractivity (Wildman–Crippen MR) is 230 cm³/mol. The zero-order valence-corrected chi connectivity index (χ0v) is 38.4. The van der Waals surface area contributed by atoms with Crippen molar-refractivity contribution in [1.29, 1.82) is 0 Å². The smallest absolute Gasteiger partial charge is 0.404 e. The molecule has 40 heavy (non-hydrogen) atoms. The molecule has 12 heteroatoms. The van der Waals surface area contributed by atoms with E-state index in [2.05, 4.69) is 280 Å². The highest BCUT2D eigenvalue weighted by molar-refractivity contribution is 15.0. The number of halogens is 7. The van der Waals surface area contributed by atoms with Gasteiger partial charge in [-0.3, -0.25) is 0 Å². The van der Waals surface area contributed by atoms with Crippen molar-refractivity contribution in [3.05, 3.63) is 121 Å². The second-order valence-electron chi connectivity index (χ2n) is 7.97. The molecule has 0 aliphatic rings. The molecule has 0 saturated heterocycles. The molecule has 0 bridgehead atoms. The van der Waals surface area contributed by atoms with Crippen molar-refractivity contribution >= 4 is 142 Å². The largest absolute Gasteiger partial charge is 1.00 e. The van der Waals surface area contributed by atoms with Gasteiger partial charge in [0.05, 0.1) is 22.7 Å². The average molecular weight is 1340 g/mol. The maximum Gasteiger partial charge on any atom is 0.404 e. The summed E-state index contributed by atoms with van der Waals surface area (Å²) in [6.07, 6.45) is 0. The van der Waals surface area contributed by atoms with Gasteiger partial charge in [0.15, 0.2) is 0 Å². The lowest BCUT2D eigenvalue weighted by atomic mass is 10.3. The molecule has 4 aromatic rings. The Bertz CT molecular complexity index is 963. The van der Waals surface area contributed by atoms with Gasteiger partial charge in [-0.1, -0.05) is 72.8 Å². The first-order valence-electron chi connectivity index (χ1n) is 11.6. The minimum Gasteiger partial charge on any atom is -1.00 e. The van der Waals surface area contributed by atoms with Crippen molar-refractivity contribution in [2.24, 2.45) is 0 Å². The van der Waals surface area contributed by atoms with E-state index in [0.29, 0.717) is 0 Å². The third kappa shape index (κ3) is 10.9. The van der Waals surface area contributed by atoms with Crippen molar-refractivity contribution in [3.8, 4) is 0 Å². The molecule has 0 spiro atoms.